The summed E-state index contributed by atoms with van der Waals surface area (Å²) in [5.74, 6) is 0.578. The lowest BCUT2D eigenvalue weighted by Crippen LogP contribution is -2.63. The first kappa shape index (κ1) is 18.3. The van der Waals surface area contributed by atoms with E-state index in [9.17, 15) is 4.79 Å². The first-order chi connectivity index (χ1) is 12.3. The summed E-state index contributed by atoms with van der Waals surface area (Å²) in [6, 6.07) is 12.7. The number of ether oxygens (including phenoxy) is 1. The highest BCUT2D eigenvalue weighted by Gasteiger charge is 2.50. The van der Waals surface area contributed by atoms with E-state index in [-0.39, 0.29) is 23.5 Å². The number of hydrogen-bond donors (Lipinski definition) is 1. The lowest BCUT2D eigenvalue weighted by atomic mass is 9.64. The van der Waals surface area contributed by atoms with Gasteiger partial charge in [0.1, 0.15) is 11.9 Å². The molecule has 5 heteroatoms. The van der Waals surface area contributed by atoms with Gasteiger partial charge in [0.05, 0.1) is 11.6 Å². The number of benzene rings is 2. The Hall–Kier alpha value is -2.51. The fourth-order valence-corrected chi connectivity index (χ4v) is 3.31. The normalized spacial score (nSPS) is 20.6. The van der Waals surface area contributed by atoms with Crippen LogP contribution in [0.5, 0.6) is 5.75 Å². The number of carbonyl (C=O) groups excluding carboxylic acids is 1. The summed E-state index contributed by atoms with van der Waals surface area (Å²) in [4.78, 5) is 15.8. The van der Waals surface area contributed by atoms with Crippen molar-refractivity contribution in [2.75, 3.05) is 0 Å². The van der Waals surface area contributed by atoms with Gasteiger partial charge in [0.15, 0.2) is 0 Å². The van der Waals surface area contributed by atoms with Gasteiger partial charge in [0.2, 0.25) is 5.69 Å². The topological polar surface area (TPSA) is 42.7 Å². The van der Waals surface area contributed by atoms with E-state index in [0.717, 1.165) is 12.0 Å². The molecule has 26 heavy (non-hydrogen) atoms. The Bertz CT molecular complexity index is 869. The molecule has 0 heterocycles. The number of nitrogens with zero attached hydrogens (tertiary/aromatic N) is 1. The predicted octanol–water partition coefficient (Wildman–Crippen LogP) is 5.18. The highest BCUT2D eigenvalue weighted by Crippen LogP contribution is 2.44. The molecule has 2 atom stereocenters. The molecule has 2 aromatic rings. The van der Waals surface area contributed by atoms with E-state index in [1.165, 1.54) is 0 Å². The Morgan fingerprint density at radius 2 is 1.96 bits per heavy atom. The van der Waals surface area contributed by atoms with Gasteiger partial charge in [-0.3, -0.25) is 4.79 Å². The van der Waals surface area contributed by atoms with Crippen molar-refractivity contribution in [1.29, 1.82) is 0 Å². The van der Waals surface area contributed by atoms with E-state index in [0.29, 0.717) is 22.0 Å². The standard InChI is InChI=1S/C21H21ClN2O2/c1-13-5-7-14(8-6-13)20(25)24-18-12-19(21(18,2)3)26-15-9-10-17(23-4)16(22)11-15/h5-11,18-19H,12H2,1-3H3,(H,24,25)/t18-,19-/m1/s1. The molecule has 3 rings (SSSR count). The molecule has 0 unspecified atom stereocenters. The van der Waals surface area contributed by atoms with Crippen molar-refractivity contribution < 1.29 is 9.53 Å². The van der Waals surface area contributed by atoms with Crippen LogP contribution in [0.4, 0.5) is 5.69 Å². The number of hydrogen-bond acceptors (Lipinski definition) is 2. The van der Waals surface area contributed by atoms with Gasteiger partial charge in [-0.15, -0.1) is 0 Å². The predicted molar refractivity (Wildman–Crippen MR) is 103 cm³/mol. The minimum Gasteiger partial charge on any atom is -0.490 e. The SMILES string of the molecule is [C-]#[N+]c1ccc(O[C@@H]2C[C@@H](NC(=O)c3ccc(C)cc3)C2(C)C)cc1Cl. The summed E-state index contributed by atoms with van der Waals surface area (Å²) >= 11 is 6.07. The zero-order valence-electron chi connectivity index (χ0n) is 15.0. The maximum absolute atomic E-state index is 12.4. The molecule has 1 saturated carbocycles. The monoisotopic (exact) mass is 368 g/mol. The smallest absolute Gasteiger partial charge is 0.251 e. The summed E-state index contributed by atoms with van der Waals surface area (Å²) in [5, 5.41) is 3.49. The number of amides is 1. The largest absolute Gasteiger partial charge is 0.490 e. The van der Waals surface area contributed by atoms with Crippen LogP contribution >= 0.6 is 11.6 Å². The van der Waals surface area contributed by atoms with Crippen LogP contribution < -0.4 is 10.1 Å². The fraction of sp³-hybridized carbons (Fsp3) is 0.333. The lowest BCUT2D eigenvalue weighted by molar-refractivity contribution is -0.0515. The molecule has 2 aromatic carbocycles. The van der Waals surface area contributed by atoms with Crippen LogP contribution in [0.3, 0.4) is 0 Å². The van der Waals surface area contributed by atoms with Crippen molar-refractivity contribution in [1.82, 2.24) is 5.32 Å². The molecule has 134 valence electrons. The number of carbonyl (C=O) groups is 1. The molecule has 0 aliphatic heterocycles. The molecule has 0 bridgehead atoms. The highest BCUT2D eigenvalue weighted by molar-refractivity contribution is 6.33. The van der Waals surface area contributed by atoms with Crippen LogP contribution in [0.2, 0.25) is 5.02 Å². The first-order valence-corrected chi connectivity index (χ1v) is 8.90. The number of aryl methyl sites for hydroxylation is 1. The minimum atomic E-state index is -0.203. The van der Waals surface area contributed by atoms with Crippen molar-refractivity contribution in [2.45, 2.75) is 39.3 Å². The molecular formula is C21H21ClN2O2. The van der Waals surface area contributed by atoms with E-state index < -0.39 is 0 Å². The Labute approximate surface area is 158 Å². The van der Waals surface area contributed by atoms with E-state index >= 15 is 0 Å². The maximum atomic E-state index is 12.4. The summed E-state index contributed by atoms with van der Waals surface area (Å²) in [6.07, 6.45) is 0.702. The number of rotatable bonds is 4. The molecule has 1 fully saturated rings. The highest BCUT2D eigenvalue weighted by atomic mass is 35.5. The summed E-state index contributed by atoms with van der Waals surface area (Å²) < 4.78 is 6.04. The van der Waals surface area contributed by atoms with E-state index in [1.54, 1.807) is 18.2 Å². The molecule has 0 saturated heterocycles. The van der Waals surface area contributed by atoms with Crippen molar-refractivity contribution in [3.05, 3.63) is 70.0 Å². The van der Waals surface area contributed by atoms with Crippen LogP contribution in [0.25, 0.3) is 4.85 Å². The minimum absolute atomic E-state index is 0.0272. The zero-order chi connectivity index (χ0) is 18.9. The molecule has 4 nitrogen and oxygen atoms in total. The van der Waals surface area contributed by atoms with Crippen LogP contribution in [-0.2, 0) is 0 Å². The van der Waals surface area contributed by atoms with Crippen LogP contribution in [-0.4, -0.2) is 18.1 Å². The maximum Gasteiger partial charge on any atom is 0.251 e. The number of halogens is 1. The summed E-state index contributed by atoms with van der Waals surface area (Å²) in [6.45, 7) is 13.2. The third-order valence-corrected chi connectivity index (χ3v) is 5.42. The third kappa shape index (κ3) is 3.54. The van der Waals surface area contributed by atoms with Gasteiger partial charge in [-0.25, -0.2) is 4.85 Å². The van der Waals surface area contributed by atoms with Gasteiger partial charge in [0.25, 0.3) is 5.91 Å². The Balaban J connectivity index is 1.62. The second-order valence-corrected chi connectivity index (χ2v) is 7.69. The van der Waals surface area contributed by atoms with E-state index in [4.69, 9.17) is 22.9 Å². The van der Waals surface area contributed by atoms with E-state index in [1.807, 2.05) is 31.2 Å². The number of nitrogens with one attached hydrogen (secondary N) is 1. The van der Waals surface area contributed by atoms with Gasteiger partial charge in [-0.05, 0) is 31.2 Å². The molecule has 0 radical (unpaired) electrons. The first-order valence-electron chi connectivity index (χ1n) is 8.52. The van der Waals surface area contributed by atoms with Crippen LogP contribution in [0.15, 0.2) is 42.5 Å². The average Bonchev–Trinajstić information content (AvgIpc) is 2.61. The van der Waals surface area contributed by atoms with Gasteiger partial charge < -0.3 is 10.1 Å². The zero-order valence-corrected chi connectivity index (χ0v) is 15.8. The molecule has 1 aliphatic rings. The van der Waals surface area contributed by atoms with Crippen molar-refractivity contribution in [2.24, 2.45) is 5.41 Å². The van der Waals surface area contributed by atoms with Crippen molar-refractivity contribution in [3.63, 3.8) is 0 Å². The molecular weight excluding hydrogens is 348 g/mol. The lowest BCUT2D eigenvalue weighted by Gasteiger charge is -2.51. The van der Waals surface area contributed by atoms with Gasteiger partial charge >= 0.3 is 0 Å². The van der Waals surface area contributed by atoms with Crippen LogP contribution in [0.1, 0.15) is 36.2 Å². The fourth-order valence-electron chi connectivity index (χ4n) is 3.09. The molecule has 1 aliphatic carbocycles. The Kier molecular flexibility index (Phi) is 4.93. The van der Waals surface area contributed by atoms with E-state index in [2.05, 4.69) is 24.0 Å². The van der Waals surface area contributed by atoms with Gasteiger partial charge in [-0.1, -0.05) is 49.2 Å². The second-order valence-electron chi connectivity index (χ2n) is 7.28. The second kappa shape index (κ2) is 7.01. The van der Waals surface area contributed by atoms with Crippen molar-refractivity contribution in [3.8, 4) is 5.75 Å². The summed E-state index contributed by atoms with van der Waals surface area (Å²) in [7, 11) is 0. The molecule has 1 amide bonds. The van der Waals surface area contributed by atoms with Crippen LogP contribution in [0, 0.1) is 18.9 Å². The third-order valence-electron chi connectivity index (χ3n) is 5.11. The molecule has 0 aromatic heterocycles. The average molecular weight is 369 g/mol. The van der Waals surface area contributed by atoms with Gasteiger partial charge in [0, 0.05) is 23.4 Å². The molecule has 1 N–H and O–H groups in total. The quantitative estimate of drug-likeness (QED) is 0.756. The Morgan fingerprint density at radius 3 is 2.54 bits per heavy atom. The molecule has 0 spiro atoms. The van der Waals surface area contributed by atoms with Gasteiger partial charge in [-0.2, -0.15) is 0 Å². The summed E-state index contributed by atoms with van der Waals surface area (Å²) in [5.41, 5.74) is 2.00. The Morgan fingerprint density at radius 1 is 1.27 bits per heavy atom. The van der Waals surface area contributed by atoms with Crippen molar-refractivity contribution >= 4 is 23.2 Å².